The Morgan fingerprint density at radius 3 is 2.38 bits per heavy atom. The lowest BCUT2D eigenvalue weighted by molar-refractivity contribution is -0.137. The van der Waals surface area contributed by atoms with Crippen molar-refractivity contribution in [3.8, 4) is 0 Å². The van der Waals surface area contributed by atoms with Crippen molar-refractivity contribution in [3.05, 3.63) is 29.3 Å². The van der Waals surface area contributed by atoms with E-state index in [-0.39, 0.29) is 10.9 Å². The summed E-state index contributed by atoms with van der Waals surface area (Å²) in [6.45, 7) is 3.29. The van der Waals surface area contributed by atoms with Crippen molar-refractivity contribution in [1.29, 1.82) is 0 Å². The zero-order valence-electron chi connectivity index (χ0n) is 12.4. The maximum absolute atomic E-state index is 12.8. The molecule has 1 N–H and O–H groups in total. The summed E-state index contributed by atoms with van der Waals surface area (Å²) in [7, 11) is -3.77. The van der Waals surface area contributed by atoms with Gasteiger partial charge in [0, 0.05) is 6.04 Å². The second-order valence-corrected chi connectivity index (χ2v) is 7.52. The minimum absolute atomic E-state index is 0.179. The molecule has 5 nitrogen and oxygen atoms in total. The predicted molar refractivity (Wildman–Crippen MR) is 79.7 cm³/mol. The van der Waals surface area contributed by atoms with Gasteiger partial charge in [-0.15, -0.1) is 0 Å². The van der Waals surface area contributed by atoms with Crippen LogP contribution in [-0.4, -0.2) is 36.4 Å². The lowest BCUT2D eigenvalue weighted by Gasteiger charge is -2.26. The molecule has 2 rings (SSSR count). The first kappa shape index (κ1) is 16.0. The van der Waals surface area contributed by atoms with Crippen molar-refractivity contribution in [3.63, 3.8) is 0 Å². The lowest BCUT2D eigenvalue weighted by Crippen LogP contribution is -2.42. The van der Waals surface area contributed by atoms with Crippen molar-refractivity contribution in [2.75, 3.05) is 6.54 Å². The Labute approximate surface area is 125 Å². The number of carboxylic acid groups (broad SMARTS) is 1. The summed E-state index contributed by atoms with van der Waals surface area (Å²) in [6, 6.07) is 4.74. The van der Waals surface area contributed by atoms with E-state index in [9.17, 15) is 13.2 Å². The highest BCUT2D eigenvalue weighted by atomic mass is 32.2. The number of carbonyl (C=O) groups is 1. The Bertz CT molecular complexity index is 633. The van der Waals surface area contributed by atoms with Crippen LogP contribution in [0.25, 0.3) is 0 Å². The summed E-state index contributed by atoms with van der Waals surface area (Å²) in [4.78, 5) is 11.2. The SMILES string of the molecule is Cc1ccc(S(=O)(=O)N(CC(=O)O)C2CCCC2)cc1C. The Balaban J connectivity index is 2.40. The highest BCUT2D eigenvalue weighted by Crippen LogP contribution is 2.29. The summed E-state index contributed by atoms with van der Waals surface area (Å²) < 4.78 is 26.7. The van der Waals surface area contributed by atoms with Crippen LogP contribution in [0.2, 0.25) is 0 Å². The molecule has 1 fully saturated rings. The number of aryl methyl sites for hydroxylation is 2. The summed E-state index contributed by atoms with van der Waals surface area (Å²) in [5.74, 6) is -1.12. The molecule has 0 unspecified atom stereocenters. The molecule has 6 heteroatoms. The van der Waals surface area contributed by atoms with E-state index >= 15 is 0 Å². The van der Waals surface area contributed by atoms with Crippen LogP contribution in [0.15, 0.2) is 23.1 Å². The molecule has 21 heavy (non-hydrogen) atoms. The van der Waals surface area contributed by atoms with E-state index in [1.165, 1.54) is 0 Å². The molecule has 1 saturated carbocycles. The molecule has 0 spiro atoms. The van der Waals surface area contributed by atoms with Gasteiger partial charge in [-0.25, -0.2) is 8.42 Å². The Morgan fingerprint density at radius 1 is 1.24 bits per heavy atom. The van der Waals surface area contributed by atoms with Crippen molar-refractivity contribution < 1.29 is 18.3 Å². The van der Waals surface area contributed by atoms with E-state index in [1.54, 1.807) is 18.2 Å². The monoisotopic (exact) mass is 311 g/mol. The van der Waals surface area contributed by atoms with Gasteiger partial charge in [0.25, 0.3) is 0 Å². The van der Waals surface area contributed by atoms with Gasteiger partial charge < -0.3 is 5.11 Å². The maximum atomic E-state index is 12.8. The second-order valence-electron chi connectivity index (χ2n) is 5.63. The molecule has 116 valence electrons. The van der Waals surface area contributed by atoms with Gasteiger partial charge in [0.05, 0.1) is 4.90 Å². The van der Waals surface area contributed by atoms with Gasteiger partial charge in [-0.1, -0.05) is 18.9 Å². The third-order valence-corrected chi connectivity index (χ3v) is 6.00. The Kier molecular flexibility index (Phi) is 4.68. The molecule has 0 amide bonds. The third-order valence-electron chi connectivity index (χ3n) is 4.11. The molecule has 0 radical (unpaired) electrons. The summed E-state index contributed by atoms with van der Waals surface area (Å²) in [6.07, 6.45) is 3.36. The second kappa shape index (κ2) is 6.15. The normalized spacial score (nSPS) is 16.5. The number of nitrogens with zero attached hydrogens (tertiary/aromatic N) is 1. The fraction of sp³-hybridized carbons (Fsp3) is 0.533. The quantitative estimate of drug-likeness (QED) is 0.905. The number of rotatable bonds is 5. The fourth-order valence-corrected chi connectivity index (χ4v) is 4.47. The molecule has 0 saturated heterocycles. The van der Waals surface area contributed by atoms with Gasteiger partial charge in [0.15, 0.2) is 0 Å². The summed E-state index contributed by atoms with van der Waals surface area (Å²) in [5.41, 5.74) is 1.90. The third kappa shape index (κ3) is 3.44. The van der Waals surface area contributed by atoms with Crippen LogP contribution >= 0.6 is 0 Å². The van der Waals surface area contributed by atoms with Gasteiger partial charge in [-0.2, -0.15) is 4.31 Å². The van der Waals surface area contributed by atoms with E-state index in [0.29, 0.717) is 0 Å². The zero-order chi connectivity index (χ0) is 15.6. The number of carboxylic acids is 1. The van der Waals surface area contributed by atoms with Gasteiger partial charge in [0.1, 0.15) is 6.54 Å². The van der Waals surface area contributed by atoms with Crippen LogP contribution in [0.4, 0.5) is 0 Å². The van der Waals surface area contributed by atoms with E-state index < -0.39 is 22.5 Å². The van der Waals surface area contributed by atoms with Crippen LogP contribution in [0.5, 0.6) is 0 Å². The molecule has 1 aromatic rings. The van der Waals surface area contributed by atoms with E-state index in [2.05, 4.69) is 0 Å². The van der Waals surface area contributed by atoms with Crippen LogP contribution in [0, 0.1) is 13.8 Å². The van der Waals surface area contributed by atoms with Crippen LogP contribution < -0.4 is 0 Å². The van der Waals surface area contributed by atoms with Crippen molar-refractivity contribution >= 4 is 16.0 Å². The molecule has 0 aliphatic heterocycles. The first-order valence-corrected chi connectivity index (χ1v) is 8.57. The summed E-state index contributed by atoms with van der Waals surface area (Å²) >= 11 is 0. The topological polar surface area (TPSA) is 74.7 Å². The number of benzene rings is 1. The molecular weight excluding hydrogens is 290 g/mol. The van der Waals surface area contributed by atoms with E-state index in [0.717, 1.165) is 41.1 Å². The van der Waals surface area contributed by atoms with Crippen LogP contribution in [-0.2, 0) is 14.8 Å². The van der Waals surface area contributed by atoms with Crippen molar-refractivity contribution in [2.45, 2.75) is 50.5 Å². The molecular formula is C15H21NO4S. The minimum atomic E-state index is -3.77. The molecule has 0 aromatic heterocycles. The average Bonchev–Trinajstić information content (AvgIpc) is 2.92. The maximum Gasteiger partial charge on any atom is 0.318 e. The first-order valence-electron chi connectivity index (χ1n) is 7.13. The smallest absolute Gasteiger partial charge is 0.318 e. The minimum Gasteiger partial charge on any atom is -0.480 e. The molecule has 0 heterocycles. The number of sulfonamides is 1. The molecule has 0 bridgehead atoms. The van der Waals surface area contributed by atoms with Crippen molar-refractivity contribution in [1.82, 2.24) is 4.31 Å². The zero-order valence-corrected chi connectivity index (χ0v) is 13.2. The number of hydrogen-bond donors (Lipinski definition) is 1. The molecule has 1 aliphatic rings. The Hall–Kier alpha value is -1.40. The average molecular weight is 311 g/mol. The number of aliphatic carboxylic acids is 1. The van der Waals surface area contributed by atoms with Gasteiger partial charge in [-0.05, 0) is 49.9 Å². The largest absolute Gasteiger partial charge is 0.480 e. The molecule has 0 atom stereocenters. The Morgan fingerprint density at radius 2 is 1.86 bits per heavy atom. The molecule has 1 aromatic carbocycles. The number of hydrogen-bond acceptors (Lipinski definition) is 3. The fourth-order valence-electron chi connectivity index (χ4n) is 2.75. The standard InChI is InChI=1S/C15H21NO4S/c1-11-7-8-14(9-12(11)2)21(19,20)16(10-15(17)18)13-5-3-4-6-13/h7-9,13H,3-6,10H2,1-2H3,(H,17,18). The predicted octanol–water partition coefficient (Wildman–Crippen LogP) is 2.32. The summed E-state index contributed by atoms with van der Waals surface area (Å²) in [5, 5.41) is 9.05. The molecule has 1 aliphatic carbocycles. The lowest BCUT2D eigenvalue weighted by atomic mass is 10.1. The van der Waals surface area contributed by atoms with Gasteiger partial charge in [0.2, 0.25) is 10.0 Å². The van der Waals surface area contributed by atoms with E-state index in [4.69, 9.17) is 5.11 Å². The van der Waals surface area contributed by atoms with Gasteiger partial charge >= 0.3 is 5.97 Å². The first-order chi connectivity index (χ1) is 9.82. The van der Waals surface area contributed by atoms with E-state index in [1.807, 2.05) is 13.8 Å². The van der Waals surface area contributed by atoms with Gasteiger partial charge in [-0.3, -0.25) is 4.79 Å². The van der Waals surface area contributed by atoms with Crippen LogP contribution in [0.3, 0.4) is 0 Å². The van der Waals surface area contributed by atoms with Crippen LogP contribution in [0.1, 0.15) is 36.8 Å². The highest BCUT2D eigenvalue weighted by Gasteiger charge is 2.34. The highest BCUT2D eigenvalue weighted by molar-refractivity contribution is 7.89. The van der Waals surface area contributed by atoms with Crippen molar-refractivity contribution in [2.24, 2.45) is 0 Å².